The molecule has 0 unspecified atom stereocenters. The third-order valence-electron chi connectivity index (χ3n) is 3.82. The Kier molecular flexibility index (Phi) is 2.15. The van der Waals surface area contributed by atoms with E-state index in [0.717, 1.165) is 19.3 Å². The van der Waals surface area contributed by atoms with E-state index in [1.54, 1.807) is 0 Å². The fourth-order valence-electron chi connectivity index (χ4n) is 2.89. The second-order valence-electron chi connectivity index (χ2n) is 5.02. The zero-order chi connectivity index (χ0) is 11.3. The highest BCUT2D eigenvalue weighted by Crippen LogP contribution is 2.50. The summed E-state index contributed by atoms with van der Waals surface area (Å²) in [5, 5.41) is 11.3. The van der Waals surface area contributed by atoms with Gasteiger partial charge in [0, 0.05) is 16.9 Å². The van der Waals surface area contributed by atoms with Gasteiger partial charge in [-0.3, -0.25) is 10.1 Å². The minimum atomic E-state index is -1.01. The molecule has 0 radical (unpaired) electrons. The average Bonchev–Trinajstić information content (AvgIpc) is 2.36. The summed E-state index contributed by atoms with van der Waals surface area (Å²) in [5.41, 5.74) is -0.922. The van der Waals surface area contributed by atoms with Gasteiger partial charge in [-0.1, -0.05) is 13.0 Å². The average molecular weight is 211 g/mol. The van der Waals surface area contributed by atoms with E-state index in [2.05, 4.69) is 6.58 Å². The summed E-state index contributed by atoms with van der Waals surface area (Å²) < 4.78 is 5.79. The molecule has 2 rings (SSSR count). The molecule has 0 aromatic carbocycles. The topological polar surface area (TPSA) is 52.4 Å². The van der Waals surface area contributed by atoms with E-state index in [1.807, 2.05) is 13.8 Å². The van der Waals surface area contributed by atoms with Gasteiger partial charge in [-0.2, -0.15) is 0 Å². The maximum atomic E-state index is 11.3. The Morgan fingerprint density at radius 1 is 1.53 bits per heavy atom. The van der Waals surface area contributed by atoms with Crippen molar-refractivity contribution in [2.75, 3.05) is 0 Å². The van der Waals surface area contributed by atoms with E-state index in [1.165, 1.54) is 0 Å². The van der Waals surface area contributed by atoms with E-state index in [9.17, 15) is 10.1 Å². The lowest BCUT2D eigenvalue weighted by Crippen LogP contribution is -2.49. The fraction of sp³-hybridized carbons (Fsp3) is 0.818. The smallest absolute Gasteiger partial charge is 0.271 e. The first-order valence-electron chi connectivity index (χ1n) is 5.43. The molecule has 2 aliphatic rings. The van der Waals surface area contributed by atoms with Crippen LogP contribution >= 0.6 is 0 Å². The maximum absolute atomic E-state index is 11.3. The van der Waals surface area contributed by atoms with Gasteiger partial charge in [-0.25, -0.2) is 0 Å². The molecule has 4 heteroatoms. The predicted octanol–water partition coefficient (Wildman–Crippen LogP) is 2.31. The Bertz CT molecular complexity index is 324. The van der Waals surface area contributed by atoms with Crippen LogP contribution in [-0.2, 0) is 4.74 Å². The van der Waals surface area contributed by atoms with Crippen LogP contribution in [0.1, 0.15) is 39.5 Å². The van der Waals surface area contributed by atoms with Crippen molar-refractivity contribution >= 4 is 0 Å². The van der Waals surface area contributed by atoms with Gasteiger partial charge in [-0.15, -0.1) is 0 Å². The molecule has 0 bridgehead atoms. The molecule has 2 fully saturated rings. The van der Waals surface area contributed by atoms with Crippen LogP contribution in [0.15, 0.2) is 12.2 Å². The van der Waals surface area contributed by atoms with Crippen molar-refractivity contribution in [1.82, 2.24) is 0 Å². The Labute approximate surface area is 89.5 Å². The highest BCUT2D eigenvalue weighted by atomic mass is 16.6. The van der Waals surface area contributed by atoms with E-state index in [-0.39, 0.29) is 11.0 Å². The molecular formula is C11H17NO3. The Balaban J connectivity index is 2.45. The summed E-state index contributed by atoms with van der Waals surface area (Å²) in [5.74, 6) is 0. The molecule has 0 amide bonds. The number of hydrogen-bond donors (Lipinski definition) is 0. The number of fused-ring (bicyclic) bond motifs is 1. The van der Waals surface area contributed by atoms with Crippen LogP contribution in [0.5, 0.6) is 0 Å². The first-order chi connectivity index (χ1) is 6.91. The molecule has 1 aliphatic carbocycles. The van der Waals surface area contributed by atoms with Crippen LogP contribution in [0.2, 0.25) is 0 Å². The number of hydrogen-bond acceptors (Lipinski definition) is 3. The molecule has 1 aliphatic heterocycles. The highest BCUT2D eigenvalue weighted by molar-refractivity contribution is 5.30. The van der Waals surface area contributed by atoms with E-state index in [4.69, 9.17) is 4.74 Å². The highest BCUT2D eigenvalue weighted by Gasteiger charge is 2.64. The van der Waals surface area contributed by atoms with Gasteiger partial charge in [0.05, 0.1) is 5.60 Å². The first kappa shape index (κ1) is 10.6. The van der Waals surface area contributed by atoms with E-state index in [0.29, 0.717) is 12.0 Å². The normalized spacial score (nSPS) is 38.8. The molecule has 0 aromatic rings. The summed E-state index contributed by atoms with van der Waals surface area (Å²) in [6, 6.07) is 0. The predicted molar refractivity (Wildman–Crippen MR) is 56.3 cm³/mol. The van der Waals surface area contributed by atoms with Gasteiger partial charge in [0.1, 0.15) is 6.10 Å². The minimum absolute atomic E-state index is 0.173. The van der Waals surface area contributed by atoms with Crippen molar-refractivity contribution in [3.05, 3.63) is 22.3 Å². The number of nitro groups is 1. The third-order valence-corrected chi connectivity index (χ3v) is 3.82. The Morgan fingerprint density at radius 3 is 2.73 bits per heavy atom. The number of rotatable bonds is 1. The molecule has 84 valence electrons. The minimum Gasteiger partial charge on any atom is -0.360 e. The van der Waals surface area contributed by atoms with Crippen molar-refractivity contribution in [3.63, 3.8) is 0 Å². The maximum Gasteiger partial charge on any atom is 0.271 e. The van der Waals surface area contributed by atoms with Gasteiger partial charge in [0.15, 0.2) is 0 Å². The molecule has 0 spiro atoms. The largest absolute Gasteiger partial charge is 0.360 e. The van der Waals surface area contributed by atoms with Crippen LogP contribution in [0.3, 0.4) is 0 Å². The Hall–Kier alpha value is -0.900. The van der Waals surface area contributed by atoms with Crippen LogP contribution < -0.4 is 0 Å². The first-order valence-corrected chi connectivity index (χ1v) is 5.43. The van der Waals surface area contributed by atoms with Crippen molar-refractivity contribution in [2.24, 2.45) is 0 Å². The van der Waals surface area contributed by atoms with Gasteiger partial charge < -0.3 is 4.74 Å². The third kappa shape index (κ3) is 1.24. The zero-order valence-corrected chi connectivity index (χ0v) is 9.28. The van der Waals surface area contributed by atoms with Crippen molar-refractivity contribution < 1.29 is 9.66 Å². The standard InChI is InChI=1S/C11H17NO3/c1-8-10(2,3)15-9-6-4-5-7-11(8,9)12(13)14/h9H,1,4-7H2,2-3H3/t9-,11+/m0/s1. The lowest BCUT2D eigenvalue weighted by atomic mass is 9.74. The molecule has 2 atom stereocenters. The Morgan fingerprint density at radius 2 is 2.20 bits per heavy atom. The SMILES string of the molecule is C=C1C(C)(C)O[C@H]2CCCC[C@@]12[N+](=O)[O-]. The molecule has 1 saturated heterocycles. The van der Waals surface area contributed by atoms with Crippen molar-refractivity contribution in [2.45, 2.75) is 56.8 Å². The monoisotopic (exact) mass is 211 g/mol. The van der Waals surface area contributed by atoms with Gasteiger partial charge in [-0.05, 0) is 26.7 Å². The summed E-state index contributed by atoms with van der Waals surface area (Å²) in [6.07, 6.45) is 3.00. The second kappa shape index (κ2) is 3.04. The second-order valence-corrected chi connectivity index (χ2v) is 5.02. The molecule has 1 heterocycles. The molecule has 0 N–H and O–H groups in total. The summed E-state index contributed by atoms with van der Waals surface area (Å²) >= 11 is 0. The summed E-state index contributed by atoms with van der Waals surface area (Å²) in [6.45, 7) is 7.67. The van der Waals surface area contributed by atoms with Crippen molar-refractivity contribution in [1.29, 1.82) is 0 Å². The van der Waals surface area contributed by atoms with Crippen LogP contribution in [0, 0.1) is 10.1 Å². The van der Waals surface area contributed by atoms with Crippen LogP contribution in [0.4, 0.5) is 0 Å². The number of ether oxygens (including phenoxy) is 1. The van der Waals surface area contributed by atoms with E-state index >= 15 is 0 Å². The molecule has 0 aromatic heterocycles. The van der Waals surface area contributed by atoms with Crippen LogP contribution in [-0.4, -0.2) is 22.2 Å². The van der Waals surface area contributed by atoms with E-state index < -0.39 is 11.1 Å². The summed E-state index contributed by atoms with van der Waals surface area (Å²) in [7, 11) is 0. The molecular weight excluding hydrogens is 194 g/mol. The zero-order valence-electron chi connectivity index (χ0n) is 9.28. The molecule has 15 heavy (non-hydrogen) atoms. The van der Waals surface area contributed by atoms with Crippen LogP contribution in [0.25, 0.3) is 0 Å². The fourth-order valence-corrected chi connectivity index (χ4v) is 2.89. The lowest BCUT2D eigenvalue weighted by molar-refractivity contribution is -0.568. The summed E-state index contributed by atoms with van der Waals surface area (Å²) in [4.78, 5) is 11.1. The lowest BCUT2D eigenvalue weighted by Gasteiger charge is -2.30. The molecule has 4 nitrogen and oxygen atoms in total. The van der Waals surface area contributed by atoms with Gasteiger partial charge in [0.25, 0.3) is 5.54 Å². The van der Waals surface area contributed by atoms with Gasteiger partial charge >= 0.3 is 0 Å². The van der Waals surface area contributed by atoms with Crippen molar-refractivity contribution in [3.8, 4) is 0 Å². The molecule has 1 saturated carbocycles. The quantitative estimate of drug-likeness (QED) is 0.380. The van der Waals surface area contributed by atoms with Gasteiger partial charge in [0.2, 0.25) is 0 Å². The number of nitrogens with zero attached hydrogens (tertiary/aromatic N) is 1.